The van der Waals surface area contributed by atoms with Crippen LogP contribution in [0.5, 0.6) is 0 Å². The van der Waals surface area contributed by atoms with Gasteiger partial charge in [-0.05, 0) is 6.42 Å². The lowest BCUT2D eigenvalue weighted by Crippen LogP contribution is -2.05. The number of carbonyl (C=O) groups is 1. The summed E-state index contributed by atoms with van der Waals surface area (Å²) in [5.41, 5.74) is 0. The van der Waals surface area contributed by atoms with Crippen LogP contribution in [0.1, 0.15) is 12.8 Å². The molecule has 0 amide bonds. The van der Waals surface area contributed by atoms with Crippen LogP contribution in [0.15, 0.2) is 0 Å². The van der Waals surface area contributed by atoms with E-state index in [-0.39, 0.29) is 5.97 Å². The molecule has 4 heteroatoms. The summed E-state index contributed by atoms with van der Waals surface area (Å²) in [6, 6.07) is 0. The van der Waals surface area contributed by atoms with Gasteiger partial charge in [0.15, 0.2) is 0 Å². The first-order valence-electron chi connectivity index (χ1n) is 2.97. The quantitative estimate of drug-likeness (QED) is 0.579. The second-order valence-electron chi connectivity index (χ2n) is 1.87. The van der Waals surface area contributed by atoms with E-state index >= 15 is 0 Å². The van der Waals surface area contributed by atoms with Crippen LogP contribution in [0.2, 0.25) is 0 Å². The summed E-state index contributed by atoms with van der Waals surface area (Å²) in [5, 5.41) is 0.865. The molecular weight excluding hydrogens is 264 g/mol. The van der Waals surface area contributed by atoms with E-state index in [2.05, 4.69) is 36.6 Å². The van der Waals surface area contributed by atoms with E-state index in [9.17, 15) is 4.79 Å². The molecule has 0 aliphatic rings. The molecule has 0 aromatic rings. The Morgan fingerprint density at radius 3 is 2.70 bits per heavy atom. The Labute approximate surface area is 77.6 Å². The fourth-order valence-electron chi connectivity index (χ4n) is 0.454. The van der Waals surface area contributed by atoms with Gasteiger partial charge in [0.1, 0.15) is 0 Å². The molecule has 0 saturated carbocycles. The average molecular weight is 274 g/mol. The molecule has 0 rings (SSSR count). The van der Waals surface area contributed by atoms with E-state index in [0.29, 0.717) is 11.2 Å². The minimum absolute atomic E-state index is 0.148. The largest absolute Gasteiger partial charge is 0.469 e. The van der Waals surface area contributed by atoms with Gasteiger partial charge in [-0.25, -0.2) is 0 Å². The molecule has 1 atom stereocenters. The minimum atomic E-state index is -0.148. The summed E-state index contributed by atoms with van der Waals surface area (Å²) in [6.07, 6.45) is 1.30. The van der Waals surface area contributed by atoms with Crippen LogP contribution in [0.3, 0.4) is 0 Å². The molecule has 0 heterocycles. The number of methoxy groups -OCH3 is 1. The van der Waals surface area contributed by atoms with E-state index in [1.165, 1.54) is 7.11 Å². The van der Waals surface area contributed by atoms with Crippen LogP contribution in [0.25, 0.3) is 0 Å². The van der Waals surface area contributed by atoms with E-state index in [1.807, 2.05) is 0 Å². The fraction of sp³-hybridized carbons (Fsp3) is 0.833. The first-order chi connectivity index (χ1) is 4.70. The molecule has 0 N–H and O–H groups in total. The molecule has 0 aliphatic heterocycles. The van der Waals surface area contributed by atoms with Crippen molar-refractivity contribution in [3.05, 3.63) is 0 Å². The molecule has 10 heavy (non-hydrogen) atoms. The van der Waals surface area contributed by atoms with Crippen molar-refractivity contribution in [3.63, 3.8) is 0 Å². The number of ether oxygens (including phenoxy) is 1. The van der Waals surface area contributed by atoms with Crippen molar-refractivity contribution >= 4 is 37.8 Å². The molecule has 2 nitrogen and oxygen atoms in total. The molecular formula is C6H10Br2O2. The third-order valence-corrected chi connectivity index (χ3v) is 3.49. The minimum Gasteiger partial charge on any atom is -0.469 e. The van der Waals surface area contributed by atoms with Crippen LogP contribution < -0.4 is 0 Å². The zero-order valence-corrected chi connectivity index (χ0v) is 8.94. The van der Waals surface area contributed by atoms with Gasteiger partial charge in [0, 0.05) is 16.6 Å². The van der Waals surface area contributed by atoms with Crippen LogP contribution in [-0.2, 0) is 9.53 Å². The van der Waals surface area contributed by atoms with Crippen molar-refractivity contribution in [2.24, 2.45) is 0 Å². The first kappa shape index (κ1) is 10.4. The van der Waals surface area contributed by atoms with E-state index in [4.69, 9.17) is 0 Å². The van der Waals surface area contributed by atoms with Crippen LogP contribution in [0.4, 0.5) is 0 Å². The Morgan fingerprint density at radius 1 is 1.70 bits per heavy atom. The number of carbonyl (C=O) groups excluding carboxylic acids is 1. The summed E-state index contributed by atoms with van der Waals surface area (Å²) in [7, 11) is 1.40. The Kier molecular flexibility index (Phi) is 6.43. The number of hydrogen-bond acceptors (Lipinski definition) is 2. The number of halogens is 2. The average Bonchev–Trinajstić information content (AvgIpc) is 1.99. The standard InChI is InChI=1S/C6H10Br2O2/c1-10-6(9)3-2-5(8)4-7/h5H,2-4H2,1H3. The summed E-state index contributed by atoms with van der Waals surface area (Å²) < 4.78 is 4.47. The SMILES string of the molecule is COC(=O)CCC(Br)CBr. The second kappa shape index (κ2) is 6.16. The van der Waals surface area contributed by atoms with Gasteiger partial charge in [0.25, 0.3) is 0 Å². The maximum Gasteiger partial charge on any atom is 0.305 e. The van der Waals surface area contributed by atoms with Crippen LogP contribution in [0, 0.1) is 0 Å². The molecule has 0 spiro atoms. The lowest BCUT2D eigenvalue weighted by molar-refractivity contribution is -0.140. The predicted molar refractivity (Wildman–Crippen MR) is 47.8 cm³/mol. The van der Waals surface area contributed by atoms with Crippen LogP contribution >= 0.6 is 31.9 Å². The van der Waals surface area contributed by atoms with Crippen molar-refractivity contribution < 1.29 is 9.53 Å². The predicted octanol–water partition coefficient (Wildman–Crippen LogP) is 2.10. The summed E-state index contributed by atoms with van der Waals surface area (Å²) in [5.74, 6) is -0.148. The summed E-state index contributed by atoms with van der Waals surface area (Å²) >= 11 is 6.67. The lowest BCUT2D eigenvalue weighted by atomic mass is 10.2. The maximum atomic E-state index is 10.6. The molecule has 0 aliphatic carbocycles. The van der Waals surface area contributed by atoms with Gasteiger partial charge < -0.3 is 4.74 Å². The Bertz CT molecular complexity index is 106. The van der Waals surface area contributed by atoms with E-state index in [1.54, 1.807) is 0 Å². The summed E-state index contributed by atoms with van der Waals surface area (Å²) in [4.78, 5) is 10.9. The highest BCUT2D eigenvalue weighted by molar-refractivity contribution is 9.12. The van der Waals surface area contributed by atoms with Crippen molar-refractivity contribution in [2.45, 2.75) is 17.7 Å². The van der Waals surface area contributed by atoms with Gasteiger partial charge in [-0.1, -0.05) is 31.9 Å². The molecule has 1 unspecified atom stereocenters. The van der Waals surface area contributed by atoms with Crippen molar-refractivity contribution in [3.8, 4) is 0 Å². The topological polar surface area (TPSA) is 26.3 Å². The molecule has 0 saturated heterocycles. The normalized spacial score (nSPS) is 12.7. The third-order valence-electron chi connectivity index (χ3n) is 1.06. The molecule has 60 valence electrons. The second-order valence-corrected chi connectivity index (χ2v) is 3.81. The van der Waals surface area contributed by atoms with Gasteiger partial charge in [-0.2, -0.15) is 0 Å². The number of alkyl halides is 2. The zero-order valence-electron chi connectivity index (χ0n) is 5.77. The van der Waals surface area contributed by atoms with E-state index < -0.39 is 0 Å². The van der Waals surface area contributed by atoms with Gasteiger partial charge in [0.05, 0.1) is 7.11 Å². The number of esters is 1. The molecule has 0 aromatic heterocycles. The van der Waals surface area contributed by atoms with Gasteiger partial charge >= 0.3 is 5.97 Å². The van der Waals surface area contributed by atoms with Gasteiger partial charge in [0.2, 0.25) is 0 Å². The molecule has 0 fully saturated rings. The zero-order chi connectivity index (χ0) is 7.98. The molecule has 0 aromatic carbocycles. The van der Waals surface area contributed by atoms with Crippen LogP contribution in [-0.4, -0.2) is 23.2 Å². The third kappa shape index (κ3) is 5.23. The lowest BCUT2D eigenvalue weighted by Gasteiger charge is -2.02. The number of hydrogen-bond donors (Lipinski definition) is 0. The highest BCUT2D eigenvalue weighted by atomic mass is 79.9. The first-order valence-corrected chi connectivity index (χ1v) is 5.01. The number of rotatable bonds is 4. The smallest absolute Gasteiger partial charge is 0.305 e. The van der Waals surface area contributed by atoms with Crippen molar-refractivity contribution in [1.82, 2.24) is 0 Å². The van der Waals surface area contributed by atoms with E-state index in [0.717, 1.165) is 11.8 Å². The monoisotopic (exact) mass is 272 g/mol. The Balaban J connectivity index is 3.26. The van der Waals surface area contributed by atoms with Gasteiger partial charge in [-0.3, -0.25) is 4.79 Å². The van der Waals surface area contributed by atoms with Gasteiger partial charge in [-0.15, -0.1) is 0 Å². The molecule has 0 bridgehead atoms. The fourth-order valence-corrected chi connectivity index (χ4v) is 1.01. The Hall–Kier alpha value is 0.430. The maximum absolute atomic E-state index is 10.6. The Morgan fingerprint density at radius 2 is 2.30 bits per heavy atom. The molecule has 0 radical (unpaired) electrons. The highest BCUT2D eigenvalue weighted by Gasteiger charge is 2.05. The highest BCUT2D eigenvalue weighted by Crippen LogP contribution is 2.10. The van der Waals surface area contributed by atoms with Crippen molar-refractivity contribution in [2.75, 3.05) is 12.4 Å². The van der Waals surface area contributed by atoms with Crippen molar-refractivity contribution in [1.29, 1.82) is 0 Å². The summed E-state index contributed by atoms with van der Waals surface area (Å²) in [6.45, 7) is 0.